The van der Waals surface area contributed by atoms with Gasteiger partial charge in [0, 0.05) is 24.5 Å². The number of nitrogens with zero attached hydrogens (tertiary/aromatic N) is 2. The first-order chi connectivity index (χ1) is 12.2. The maximum absolute atomic E-state index is 5.87. The lowest BCUT2D eigenvalue weighted by atomic mass is 10.1. The van der Waals surface area contributed by atoms with Gasteiger partial charge in [-0.2, -0.15) is 0 Å². The Bertz CT molecular complexity index is 696. The molecule has 0 saturated carbocycles. The molecule has 1 aromatic carbocycles. The van der Waals surface area contributed by atoms with E-state index in [4.69, 9.17) is 4.74 Å². The third-order valence-corrected chi connectivity index (χ3v) is 4.73. The van der Waals surface area contributed by atoms with Crippen LogP contribution in [0.3, 0.4) is 0 Å². The molecule has 136 valence electrons. The molecule has 0 spiro atoms. The largest absolute Gasteiger partial charge is 0.493 e. The fourth-order valence-corrected chi connectivity index (χ4v) is 3.07. The molecule has 0 radical (unpaired) electrons. The van der Waals surface area contributed by atoms with Gasteiger partial charge in [-0.1, -0.05) is 26.0 Å². The second-order valence-electron chi connectivity index (χ2n) is 5.83. The van der Waals surface area contributed by atoms with Crippen molar-refractivity contribution in [2.75, 3.05) is 13.7 Å². The molecule has 0 amide bonds. The Hall–Kier alpha value is -2.08. The summed E-state index contributed by atoms with van der Waals surface area (Å²) in [6.07, 6.45) is 1.98. The van der Waals surface area contributed by atoms with Gasteiger partial charge in [0.05, 0.1) is 23.9 Å². The van der Waals surface area contributed by atoms with Crippen LogP contribution >= 0.6 is 11.3 Å². The SMILES string of the molecule is CCCOc1cc(C)ccc1CNC(=NC)NCc1csc(CC)n1. The molecule has 0 bridgehead atoms. The highest BCUT2D eigenvalue weighted by molar-refractivity contribution is 7.09. The molecular weight excluding hydrogens is 332 g/mol. The van der Waals surface area contributed by atoms with E-state index in [0.717, 1.165) is 47.4 Å². The first kappa shape index (κ1) is 19.2. The zero-order valence-electron chi connectivity index (χ0n) is 15.6. The number of guanidine groups is 1. The van der Waals surface area contributed by atoms with Crippen molar-refractivity contribution in [1.82, 2.24) is 15.6 Å². The van der Waals surface area contributed by atoms with Crippen molar-refractivity contribution in [3.05, 3.63) is 45.4 Å². The van der Waals surface area contributed by atoms with Crippen LogP contribution in [0.25, 0.3) is 0 Å². The Balaban J connectivity index is 1.91. The summed E-state index contributed by atoms with van der Waals surface area (Å²) >= 11 is 1.70. The van der Waals surface area contributed by atoms with Crippen LogP contribution in [0.5, 0.6) is 5.75 Å². The molecule has 6 heteroatoms. The zero-order valence-corrected chi connectivity index (χ0v) is 16.4. The van der Waals surface area contributed by atoms with E-state index in [1.54, 1.807) is 18.4 Å². The Kier molecular flexibility index (Phi) is 7.73. The topological polar surface area (TPSA) is 58.5 Å². The highest BCUT2D eigenvalue weighted by Gasteiger charge is 2.07. The van der Waals surface area contributed by atoms with E-state index < -0.39 is 0 Å². The molecule has 0 saturated heterocycles. The van der Waals surface area contributed by atoms with Crippen molar-refractivity contribution < 1.29 is 4.74 Å². The lowest BCUT2D eigenvalue weighted by molar-refractivity contribution is 0.313. The molecule has 0 atom stereocenters. The van der Waals surface area contributed by atoms with E-state index >= 15 is 0 Å². The lowest BCUT2D eigenvalue weighted by Crippen LogP contribution is -2.36. The van der Waals surface area contributed by atoms with Gasteiger partial charge in [0.2, 0.25) is 0 Å². The highest BCUT2D eigenvalue weighted by Crippen LogP contribution is 2.20. The first-order valence-electron chi connectivity index (χ1n) is 8.76. The summed E-state index contributed by atoms with van der Waals surface area (Å²) in [7, 11) is 1.78. The minimum Gasteiger partial charge on any atom is -0.493 e. The van der Waals surface area contributed by atoms with Gasteiger partial charge < -0.3 is 15.4 Å². The number of rotatable bonds is 8. The van der Waals surface area contributed by atoms with Gasteiger partial charge in [-0.15, -0.1) is 11.3 Å². The molecule has 0 fully saturated rings. The third-order valence-electron chi connectivity index (χ3n) is 3.69. The number of thiazole rings is 1. The van der Waals surface area contributed by atoms with Crippen LogP contribution in [0.15, 0.2) is 28.6 Å². The van der Waals surface area contributed by atoms with Gasteiger partial charge in [-0.05, 0) is 31.4 Å². The normalized spacial score (nSPS) is 11.4. The van der Waals surface area contributed by atoms with E-state index in [2.05, 4.69) is 65.0 Å². The molecule has 2 aromatic rings. The van der Waals surface area contributed by atoms with Crippen LogP contribution in [0, 0.1) is 6.92 Å². The summed E-state index contributed by atoms with van der Waals surface area (Å²) < 4.78 is 5.87. The molecule has 0 aliphatic rings. The van der Waals surface area contributed by atoms with Crippen LogP contribution in [0.1, 0.15) is 42.1 Å². The van der Waals surface area contributed by atoms with Gasteiger partial charge in [0.25, 0.3) is 0 Å². The Morgan fingerprint density at radius 2 is 2.04 bits per heavy atom. The summed E-state index contributed by atoms with van der Waals surface area (Å²) in [5.41, 5.74) is 3.38. The number of aliphatic imine (C=N–C) groups is 1. The molecule has 0 aliphatic heterocycles. The number of ether oxygens (including phenoxy) is 1. The second kappa shape index (κ2) is 10.0. The van der Waals surface area contributed by atoms with Crippen molar-refractivity contribution >= 4 is 17.3 Å². The molecule has 25 heavy (non-hydrogen) atoms. The molecule has 1 heterocycles. The number of hydrogen-bond donors (Lipinski definition) is 2. The van der Waals surface area contributed by atoms with Crippen molar-refractivity contribution in [1.29, 1.82) is 0 Å². The maximum atomic E-state index is 5.87. The Morgan fingerprint density at radius 3 is 2.72 bits per heavy atom. The minimum absolute atomic E-state index is 0.663. The van der Waals surface area contributed by atoms with Crippen LogP contribution in [-0.4, -0.2) is 24.6 Å². The number of benzene rings is 1. The Labute approximate surface area is 154 Å². The predicted molar refractivity (Wildman–Crippen MR) is 105 cm³/mol. The average Bonchev–Trinajstić information content (AvgIpc) is 3.09. The van der Waals surface area contributed by atoms with Crippen LogP contribution in [0.2, 0.25) is 0 Å². The highest BCUT2D eigenvalue weighted by atomic mass is 32.1. The lowest BCUT2D eigenvalue weighted by Gasteiger charge is -2.15. The van der Waals surface area contributed by atoms with Crippen molar-refractivity contribution in [2.45, 2.75) is 46.7 Å². The fourth-order valence-electron chi connectivity index (χ4n) is 2.32. The smallest absolute Gasteiger partial charge is 0.191 e. The maximum Gasteiger partial charge on any atom is 0.191 e. The average molecular weight is 361 g/mol. The summed E-state index contributed by atoms with van der Waals surface area (Å²) in [6, 6.07) is 6.30. The molecule has 2 rings (SSSR count). The van der Waals surface area contributed by atoms with E-state index in [1.807, 2.05) is 0 Å². The van der Waals surface area contributed by atoms with Gasteiger partial charge in [0.1, 0.15) is 5.75 Å². The summed E-state index contributed by atoms with van der Waals surface area (Å²) in [4.78, 5) is 8.85. The summed E-state index contributed by atoms with van der Waals surface area (Å²) in [6.45, 7) is 8.37. The molecule has 5 nitrogen and oxygen atoms in total. The zero-order chi connectivity index (χ0) is 18.1. The van der Waals surface area contributed by atoms with Gasteiger partial charge in [0.15, 0.2) is 5.96 Å². The molecule has 1 aromatic heterocycles. The first-order valence-corrected chi connectivity index (χ1v) is 9.64. The van der Waals surface area contributed by atoms with Gasteiger partial charge in [-0.3, -0.25) is 4.99 Å². The van der Waals surface area contributed by atoms with Crippen LogP contribution in [-0.2, 0) is 19.5 Å². The van der Waals surface area contributed by atoms with Gasteiger partial charge >= 0.3 is 0 Å². The van der Waals surface area contributed by atoms with Crippen LogP contribution < -0.4 is 15.4 Å². The predicted octanol–water partition coefficient (Wildman–Crippen LogP) is 3.67. The number of nitrogens with one attached hydrogen (secondary N) is 2. The fraction of sp³-hybridized carbons (Fsp3) is 0.474. The van der Waals surface area contributed by atoms with Crippen LogP contribution in [0.4, 0.5) is 0 Å². The number of aromatic nitrogens is 1. The van der Waals surface area contributed by atoms with Gasteiger partial charge in [-0.25, -0.2) is 4.98 Å². The molecule has 0 unspecified atom stereocenters. The van der Waals surface area contributed by atoms with E-state index in [0.29, 0.717) is 13.1 Å². The third kappa shape index (κ3) is 6.05. The van der Waals surface area contributed by atoms with E-state index in [9.17, 15) is 0 Å². The standard InChI is InChI=1S/C19H28N4OS/c1-5-9-24-17-10-14(3)7-8-15(17)11-21-19(20-4)22-12-16-13-25-18(6-2)23-16/h7-8,10,13H,5-6,9,11-12H2,1-4H3,(H2,20,21,22). The van der Waals surface area contributed by atoms with Crippen molar-refractivity contribution in [2.24, 2.45) is 4.99 Å². The number of aryl methyl sites for hydroxylation is 2. The van der Waals surface area contributed by atoms with Crippen molar-refractivity contribution in [3.8, 4) is 5.75 Å². The quantitative estimate of drug-likeness (QED) is 0.557. The summed E-state index contributed by atoms with van der Waals surface area (Å²) in [5.74, 6) is 1.70. The monoisotopic (exact) mass is 360 g/mol. The van der Waals surface area contributed by atoms with Crippen molar-refractivity contribution in [3.63, 3.8) is 0 Å². The molecule has 2 N–H and O–H groups in total. The van der Waals surface area contributed by atoms with E-state index in [-0.39, 0.29) is 0 Å². The number of hydrogen-bond acceptors (Lipinski definition) is 4. The second-order valence-corrected chi connectivity index (χ2v) is 6.77. The summed E-state index contributed by atoms with van der Waals surface area (Å²) in [5, 5.41) is 9.91. The molecular formula is C19H28N4OS. The minimum atomic E-state index is 0.663. The Morgan fingerprint density at radius 1 is 1.24 bits per heavy atom. The molecule has 0 aliphatic carbocycles. The van der Waals surface area contributed by atoms with E-state index in [1.165, 1.54) is 5.56 Å².